The van der Waals surface area contributed by atoms with Gasteiger partial charge in [0.25, 0.3) is 0 Å². The van der Waals surface area contributed by atoms with Crippen LogP contribution in [0.3, 0.4) is 0 Å². The molecule has 1 aromatic heterocycles. The maximum Gasteiger partial charge on any atom is 0.223 e. The molecule has 2 saturated heterocycles. The largest absolute Gasteiger partial charge is 0.356 e. The van der Waals surface area contributed by atoms with Crippen molar-refractivity contribution < 1.29 is 4.79 Å². The molecule has 3 aliphatic rings. The van der Waals surface area contributed by atoms with Crippen LogP contribution in [0.5, 0.6) is 0 Å². The lowest BCUT2D eigenvalue weighted by Crippen LogP contribution is -2.39. The predicted molar refractivity (Wildman–Crippen MR) is 112 cm³/mol. The highest BCUT2D eigenvalue weighted by molar-refractivity contribution is 7.09. The highest BCUT2D eigenvalue weighted by atomic mass is 35.5. The molecule has 3 heterocycles. The third-order valence-corrected chi connectivity index (χ3v) is 7.20. The van der Waals surface area contributed by atoms with Crippen LogP contribution in [-0.2, 0) is 11.3 Å². The maximum absolute atomic E-state index is 12.5. The number of piperidine rings is 2. The molecule has 2 N–H and O–H groups in total. The molecule has 4 rings (SSSR count). The van der Waals surface area contributed by atoms with Gasteiger partial charge in [0.05, 0.1) is 0 Å². The second kappa shape index (κ2) is 9.74. The lowest BCUT2D eigenvalue weighted by atomic mass is 9.91. The lowest BCUT2D eigenvalue weighted by molar-refractivity contribution is -0.123. The van der Waals surface area contributed by atoms with Crippen LogP contribution in [0.15, 0.2) is 17.5 Å². The Kier molecular flexibility index (Phi) is 8.23. The van der Waals surface area contributed by atoms with Crippen LogP contribution in [0.1, 0.15) is 37.0 Å². The fraction of sp³-hybridized carbons (Fsp3) is 0.737. The number of carbonyl (C=O) groups is 1. The Hall–Kier alpha value is -0.330. The van der Waals surface area contributed by atoms with Crippen molar-refractivity contribution in [1.29, 1.82) is 0 Å². The molecule has 1 aliphatic carbocycles. The van der Waals surface area contributed by atoms with Gasteiger partial charge in [-0.2, -0.15) is 0 Å². The zero-order chi connectivity index (χ0) is 16.4. The summed E-state index contributed by atoms with van der Waals surface area (Å²) in [6.45, 7) is 6.49. The monoisotopic (exact) mass is 419 g/mol. The van der Waals surface area contributed by atoms with Crippen molar-refractivity contribution in [3.8, 4) is 0 Å². The average Bonchev–Trinajstić information content (AvgIpc) is 3.05. The fourth-order valence-corrected chi connectivity index (χ4v) is 5.28. The van der Waals surface area contributed by atoms with E-state index in [1.165, 1.54) is 30.6 Å². The Bertz CT molecular complexity index is 555. The third kappa shape index (κ3) is 5.14. The van der Waals surface area contributed by atoms with Crippen molar-refractivity contribution in [2.24, 2.45) is 17.3 Å². The Morgan fingerprint density at radius 1 is 1.27 bits per heavy atom. The van der Waals surface area contributed by atoms with Crippen molar-refractivity contribution in [3.05, 3.63) is 22.4 Å². The fourth-order valence-electron chi connectivity index (χ4n) is 4.54. The molecule has 148 valence electrons. The molecule has 3 fully saturated rings. The molecule has 7 heteroatoms. The molecule has 1 saturated carbocycles. The van der Waals surface area contributed by atoms with Gasteiger partial charge in [-0.15, -0.1) is 36.2 Å². The van der Waals surface area contributed by atoms with Gasteiger partial charge < -0.3 is 10.6 Å². The second-order valence-electron chi connectivity index (χ2n) is 7.91. The first-order chi connectivity index (χ1) is 11.8. The normalized spacial score (nSPS) is 25.2. The van der Waals surface area contributed by atoms with E-state index in [2.05, 4.69) is 33.0 Å². The molecule has 1 unspecified atom stereocenters. The number of nitrogens with one attached hydrogen (secondary N) is 2. The van der Waals surface area contributed by atoms with E-state index in [1.807, 2.05) is 11.3 Å². The number of hydrogen-bond acceptors (Lipinski definition) is 4. The first-order valence-corrected chi connectivity index (χ1v) is 10.4. The van der Waals surface area contributed by atoms with Gasteiger partial charge in [-0.25, -0.2) is 0 Å². The van der Waals surface area contributed by atoms with E-state index < -0.39 is 0 Å². The van der Waals surface area contributed by atoms with Crippen LogP contribution in [0.25, 0.3) is 0 Å². The molecule has 4 nitrogen and oxygen atoms in total. The van der Waals surface area contributed by atoms with E-state index in [9.17, 15) is 4.79 Å². The van der Waals surface area contributed by atoms with Gasteiger partial charge in [-0.3, -0.25) is 9.69 Å². The predicted octanol–water partition coefficient (Wildman–Crippen LogP) is 3.31. The van der Waals surface area contributed by atoms with Crippen LogP contribution in [0.4, 0.5) is 0 Å². The average molecular weight is 420 g/mol. The van der Waals surface area contributed by atoms with Gasteiger partial charge >= 0.3 is 0 Å². The van der Waals surface area contributed by atoms with Crippen molar-refractivity contribution in [3.63, 3.8) is 0 Å². The van der Waals surface area contributed by atoms with Crippen molar-refractivity contribution >= 4 is 42.1 Å². The Morgan fingerprint density at radius 2 is 2.00 bits per heavy atom. The summed E-state index contributed by atoms with van der Waals surface area (Å²) >= 11 is 1.85. The minimum Gasteiger partial charge on any atom is -0.356 e. The highest BCUT2D eigenvalue weighted by Gasteiger charge is 2.57. The number of rotatable bonds is 5. The summed E-state index contributed by atoms with van der Waals surface area (Å²) in [5, 5.41) is 8.84. The molecule has 1 aromatic rings. The van der Waals surface area contributed by atoms with Gasteiger partial charge in [0.2, 0.25) is 5.91 Å². The van der Waals surface area contributed by atoms with Crippen LogP contribution in [0.2, 0.25) is 0 Å². The number of carbonyl (C=O) groups excluding carboxylic acids is 1. The molecule has 2 aliphatic heterocycles. The van der Waals surface area contributed by atoms with Crippen molar-refractivity contribution in [1.82, 2.24) is 15.5 Å². The minimum absolute atomic E-state index is 0. The zero-order valence-corrected chi connectivity index (χ0v) is 17.7. The SMILES string of the molecule is Cl.Cl.O=C(NCC1CCN(Cc2cccs2)CC1)C1CC12CCNCC2. The van der Waals surface area contributed by atoms with Crippen molar-refractivity contribution in [2.45, 2.75) is 38.6 Å². The minimum atomic E-state index is 0. The number of halogens is 2. The summed E-state index contributed by atoms with van der Waals surface area (Å²) in [6, 6.07) is 4.36. The summed E-state index contributed by atoms with van der Waals surface area (Å²) in [5.74, 6) is 1.30. The quantitative estimate of drug-likeness (QED) is 0.768. The van der Waals surface area contributed by atoms with E-state index in [0.29, 0.717) is 23.2 Å². The number of thiophene rings is 1. The molecule has 26 heavy (non-hydrogen) atoms. The molecular formula is C19H31Cl2N3OS. The summed E-state index contributed by atoms with van der Waals surface area (Å²) in [6.07, 6.45) is 5.93. The summed E-state index contributed by atoms with van der Waals surface area (Å²) in [5.41, 5.74) is 0.361. The van der Waals surface area contributed by atoms with Crippen molar-refractivity contribution in [2.75, 3.05) is 32.7 Å². The molecule has 0 radical (unpaired) electrons. The third-order valence-electron chi connectivity index (χ3n) is 6.34. The van der Waals surface area contributed by atoms with Gasteiger partial charge in [-0.1, -0.05) is 6.07 Å². The first kappa shape index (κ1) is 22.0. The van der Waals surface area contributed by atoms with E-state index in [0.717, 1.165) is 45.7 Å². The maximum atomic E-state index is 12.5. The Balaban J connectivity index is 0.00000121. The summed E-state index contributed by atoms with van der Waals surface area (Å²) in [4.78, 5) is 16.5. The molecule has 1 spiro atoms. The molecule has 0 aromatic carbocycles. The number of likely N-dealkylation sites (tertiary alicyclic amines) is 1. The number of nitrogens with zero attached hydrogens (tertiary/aromatic N) is 1. The van der Waals surface area contributed by atoms with E-state index >= 15 is 0 Å². The zero-order valence-electron chi connectivity index (χ0n) is 15.2. The molecule has 1 atom stereocenters. The Labute approximate surface area is 173 Å². The lowest BCUT2D eigenvalue weighted by Gasteiger charge is -2.31. The summed E-state index contributed by atoms with van der Waals surface area (Å²) < 4.78 is 0. The van der Waals surface area contributed by atoms with Crippen LogP contribution >= 0.6 is 36.2 Å². The summed E-state index contributed by atoms with van der Waals surface area (Å²) in [7, 11) is 0. The highest BCUT2D eigenvalue weighted by Crippen LogP contribution is 2.58. The standard InChI is InChI=1S/C19H29N3OS.2ClH/c23-18(17-12-19(17)5-7-20-8-6-19)21-13-15-3-9-22(10-4-15)14-16-2-1-11-24-16;;/h1-2,11,15,17,20H,3-10,12-14H2,(H,21,23);2*1H. The topological polar surface area (TPSA) is 44.4 Å². The second-order valence-corrected chi connectivity index (χ2v) is 8.95. The van der Waals surface area contributed by atoms with Crippen LogP contribution in [0, 0.1) is 17.3 Å². The molecular weight excluding hydrogens is 389 g/mol. The Morgan fingerprint density at radius 3 is 2.65 bits per heavy atom. The van der Waals surface area contributed by atoms with E-state index in [1.54, 1.807) is 0 Å². The van der Waals surface area contributed by atoms with Gasteiger partial charge in [-0.05, 0) is 81.1 Å². The van der Waals surface area contributed by atoms with E-state index in [-0.39, 0.29) is 24.8 Å². The smallest absolute Gasteiger partial charge is 0.223 e. The molecule has 1 amide bonds. The number of hydrogen-bond donors (Lipinski definition) is 2. The number of amides is 1. The van der Waals surface area contributed by atoms with Gasteiger partial charge in [0.1, 0.15) is 0 Å². The first-order valence-electron chi connectivity index (χ1n) is 9.48. The van der Waals surface area contributed by atoms with Gasteiger partial charge in [0.15, 0.2) is 0 Å². The molecule has 0 bridgehead atoms. The van der Waals surface area contributed by atoms with E-state index in [4.69, 9.17) is 0 Å². The van der Waals surface area contributed by atoms with Crippen LogP contribution < -0.4 is 10.6 Å². The van der Waals surface area contributed by atoms with Gasteiger partial charge in [0, 0.05) is 23.9 Å². The van der Waals surface area contributed by atoms with Crippen LogP contribution in [-0.4, -0.2) is 43.5 Å².